The number of amides is 1. The molecule has 0 saturated carbocycles. The van der Waals surface area contributed by atoms with Crippen molar-refractivity contribution in [3.63, 3.8) is 0 Å². The molecule has 0 aliphatic carbocycles. The van der Waals surface area contributed by atoms with Crippen LogP contribution in [-0.4, -0.2) is 29.2 Å². The van der Waals surface area contributed by atoms with Crippen LogP contribution in [0.15, 0.2) is 30.3 Å². The van der Waals surface area contributed by atoms with E-state index in [1.54, 1.807) is 0 Å². The second kappa shape index (κ2) is 7.13. The molecule has 0 radical (unpaired) electrons. The molecular formula is C17H18ClFN4O. The van der Waals surface area contributed by atoms with Crippen LogP contribution in [0.2, 0.25) is 5.02 Å². The van der Waals surface area contributed by atoms with E-state index in [0.717, 1.165) is 37.4 Å². The highest BCUT2D eigenvalue weighted by atomic mass is 35.5. The normalized spacial score (nSPS) is 15.4. The van der Waals surface area contributed by atoms with E-state index in [2.05, 4.69) is 20.4 Å². The zero-order chi connectivity index (χ0) is 17.1. The predicted octanol–water partition coefficient (Wildman–Crippen LogP) is 3.43. The molecule has 5 nitrogen and oxygen atoms in total. The third-order valence-corrected chi connectivity index (χ3v) is 4.45. The summed E-state index contributed by atoms with van der Waals surface area (Å²) in [5.74, 6) is 0.197. The number of hydrogen-bond donors (Lipinski definition) is 1. The smallest absolute Gasteiger partial charge is 0.227 e. The van der Waals surface area contributed by atoms with Gasteiger partial charge in [-0.2, -0.15) is 5.10 Å². The molecule has 1 aromatic heterocycles. The molecule has 1 aliphatic heterocycles. The van der Waals surface area contributed by atoms with E-state index in [0.29, 0.717) is 5.69 Å². The molecule has 2 aromatic rings. The van der Waals surface area contributed by atoms with E-state index < -0.39 is 5.82 Å². The predicted molar refractivity (Wildman–Crippen MR) is 91.7 cm³/mol. The summed E-state index contributed by atoms with van der Waals surface area (Å²) in [7, 11) is 0. The van der Waals surface area contributed by atoms with Crippen molar-refractivity contribution < 1.29 is 9.18 Å². The summed E-state index contributed by atoms with van der Waals surface area (Å²) in [4.78, 5) is 14.5. The van der Waals surface area contributed by atoms with Crippen molar-refractivity contribution in [1.82, 2.24) is 10.2 Å². The fraction of sp³-hybridized carbons (Fsp3) is 0.353. The van der Waals surface area contributed by atoms with E-state index in [-0.39, 0.29) is 16.8 Å². The Balaban J connectivity index is 1.56. The molecule has 1 aromatic carbocycles. The zero-order valence-corrected chi connectivity index (χ0v) is 14.1. The van der Waals surface area contributed by atoms with E-state index in [9.17, 15) is 9.18 Å². The molecule has 0 atom stereocenters. The van der Waals surface area contributed by atoms with E-state index in [4.69, 9.17) is 11.6 Å². The SMILES string of the molecule is Cc1ccc(N2CCC(C(=O)Nc3ccc(F)c(Cl)c3)CC2)nn1. The molecule has 7 heteroatoms. The van der Waals surface area contributed by atoms with Crippen LogP contribution < -0.4 is 10.2 Å². The zero-order valence-electron chi connectivity index (χ0n) is 13.3. The van der Waals surface area contributed by atoms with Gasteiger partial charge in [0.2, 0.25) is 5.91 Å². The largest absolute Gasteiger partial charge is 0.355 e. The molecule has 1 amide bonds. The summed E-state index contributed by atoms with van der Waals surface area (Å²) in [5.41, 5.74) is 1.39. The van der Waals surface area contributed by atoms with Gasteiger partial charge in [0.25, 0.3) is 0 Å². The molecule has 0 spiro atoms. The van der Waals surface area contributed by atoms with E-state index >= 15 is 0 Å². The van der Waals surface area contributed by atoms with E-state index in [1.807, 2.05) is 19.1 Å². The van der Waals surface area contributed by atoms with Crippen molar-refractivity contribution >= 4 is 29.0 Å². The van der Waals surface area contributed by atoms with Crippen LogP contribution in [0.25, 0.3) is 0 Å². The number of piperidine rings is 1. The Morgan fingerprint density at radius 2 is 2.00 bits per heavy atom. The molecule has 1 saturated heterocycles. The fourth-order valence-electron chi connectivity index (χ4n) is 2.75. The highest BCUT2D eigenvalue weighted by molar-refractivity contribution is 6.31. The Morgan fingerprint density at radius 1 is 1.25 bits per heavy atom. The Labute approximate surface area is 144 Å². The van der Waals surface area contributed by atoms with Gasteiger partial charge in [-0.1, -0.05) is 11.6 Å². The molecule has 1 aliphatic rings. The highest BCUT2D eigenvalue weighted by Crippen LogP contribution is 2.24. The second-order valence-corrected chi connectivity index (χ2v) is 6.32. The summed E-state index contributed by atoms with van der Waals surface area (Å²) >= 11 is 5.74. The van der Waals surface area contributed by atoms with E-state index in [1.165, 1.54) is 18.2 Å². The maximum Gasteiger partial charge on any atom is 0.227 e. The van der Waals surface area contributed by atoms with Crippen LogP contribution in [-0.2, 0) is 4.79 Å². The average Bonchev–Trinajstić information content (AvgIpc) is 2.59. The number of anilines is 2. The second-order valence-electron chi connectivity index (χ2n) is 5.91. The third-order valence-electron chi connectivity index (χ3n) is 4.16. The van der Waals surface area contributed by atoms with Crippen LogP contribution in [0.1, 0.15) is 18.5 Å². The lowest BCUT2D eigenvalue weighted by Crippen LogP contribution is -2.38. The number of nitrogens with one attached hydrogen (secondary N) is 1. The Bertz CT molecular complexity index is 730. The highest BCUT2D eigenvalue weighted by Gasteiger charge is 2.26. The van der Waals surface area contributed by atoms with Crippen LogP contribution in [0, 0.1) is 18.7 Å². The topological polar surface area (TPSA) is 58.1 Å². The van der Waals surface area contributed by atoms with Gasteiger partial charge in [-0.25, -0.2) is 4.39 Å². The molecule has 0 bridgehead atoms. The van der Waals surface area contributed by atoms with Crippen molar-refractivity contribution in [1.29, 1.82) is 0 Å². The molecule has 2 heterocycles. The van der Waals surface area contributed by atoms with Crippen molar-refractivity contribution in [2.75, 3.05) is 23.3 Å². The minimum absolute atomic E-state index is 0.000523. The Kier molecular flexibility index (Phi) is 4.94. The lowest BCUT2D eigenvalue weighted by atomic mass is 9.96. The Morgan fingerprint density at radius 3 is 2.62 bits per heavy atom. The number of nitrogens with zero attached hydrogens (tertiary/aromatic N) is 3. The maximum atomic E-state index is 13.2. The summed E-state index contributed by atoms with van der Waals surface area (Å²) in [6, 6.07) is 8.06. The number of benzene rings is 1. The summed E-state index contributed by atoms with van der Waals surface area (Å²) in [5, 5.41) is 11.1. The molecule has 0 unspecified atom stereocenters. The monoisotopic (exact) mass is 348 g/mol. The lowest BCUT2D eigenvalue weighted by Gasteiger charge is -2.31. The van der Waals surface area contributed by atoms with Crippen molar-refractivity contribution in [3.8, 4) is 0 Å². The standard InChI is InChI=1S/C17H18ClFN4O/c1-11-2-5-16(22-21-11)23-8-6-12(7-9-23)17(24)20-13-3-4-15(19)14(18)10-13/h2-5,10,12H,6-9H2,1H3,(H,20,24). The molecule has 3 rings (SSSR count). The van der Waals surface area contributed by atoms with Crippen LogP contribution >= 0.6 is 11.6 Å². The van der Waals surface area contributed by atoms with Gasteiger partial charge >= 0.3 is 0 Å². The van der Waals surface area contributed by atoms with Crippen LogP contribution in [0.5, 0.6) is 0 Å². The van der Waals surface area contributed by atoms with Gasteiger partial charge in [0, 0.05) is 24.7 Å². The van der Waals surface area contributed by atoms with Gasteiger partial charge in [-0.3, -0.25) is 4.79 Å². The average molecular weight is 349 g/mol. The van der Waals surface area contributed by atoms with Gasteiger partial charge in [0.1, 0.15) is 5.82 Å². The molecule has 24 heavy (non-hydrogen) atoms. The van der Waals surface area contributed by atoms with Gasteiger partial charge in [-0.15, -0.1) is 5.10 Å². The van der Waals surface area contributed by atoms with Crippen molar-refractivity contribution in [2.24, 2.45) is 5.92 Å². The van der Waals surface area contributed by atoms with Crippen molar-refractivity contribution in [2.45, 2.75) is 19.8 Å². The van der Waals surface area contributed by atoms with Gasteiger partial charge < -0.3 is 10.2 Å². The summed E-state index contributed by atoms with van der Waals surface area (Å²) in [6.07, 6.45) is 1.46. The Hall–Kier alpha value is -2.21. The molecule has 126 valence electrons. The molecule has 1 N–H and O–H groups in total. The number of carbonyl (C=O) groups is 1. The minimum atomic E-state index is -0.498. The first-order chi connectivity index (χ1) is 11.5. The quantitative estimate of drug-likeness (QED) is 0.923. The van der Waals surface area contributed by atoms with Crippen LogP contribution in [0.3, 0.4) is 0 Å². The summed E-state index contributed by atoms with van der Waals surface area (Å²) in [6.45, 7) is 3.40. The lowest BCUT2D eigenvalue weighted by molar-refractivity contribution is -0.120. The van der Waals surface area contributed by atoms with Crippen molar-refractivity contribution in [3.05, 3.63) is 46.9 Å². The maximum absolute atomic E-state index is 13.2. The number of aromatic nitrogens is 2. The number of aryl methyl sites for hydroxylation is 1. The van der Waals surface area contributed by atoms with Gasteiger partial charge in [0.05, 0.1) is 10.7 Å². The first-order valence-electron chi connectivity index (χ1n) is 7.84. The number of hydrogen-bond acceptors (Lipinski definition) is 4. The fourth-order valence-corrected chi connectivity index (χ4v) is 2.93. The third kappa shape index (κ3) is 3.82. The summed E-state index contributed by atoms with van der Waals surface area (Å²) < 4.78 is 13.2. The number of rotatable bonds is 3. The first kappa shape index (κ1) is 16.6. The first-order valence-corrected chi connectivity index (χ1v) is 8.22. The van der Waals surface area contributed by atoms with Crippen LogP contribution in [0.4, 0.5) is 15.9 Å². The minimum Gasteiger partial charge on any atom is -0.355 e. The van der Waals surface area contributed by atoms with Gasteiger partial charge in [0.15, 0.2) is 5.82 Å². The molecule has 1 fully saturated rings. The van der Waals surface area contributed by atoms with Gasteiger partial charge in [-0.05, 0) is 50.1 Å². The number of carbonyl (C=O) groups excluding carboxylic acids is 1. The molecular weight excluding hydrogens is 331 g/mol. The number of halogens is 2.